The Balaban J connectivity index is 2.07. The molecule has 5 nitrogen and oxygen atoms in total. The summed E-state index contributed by atoms with van der Waals surface area (Å²) < 4.78 is 10.8. The van der Waals surface area contributed by atoms with Gasteiger partial charge in [-0.25, -0.2) is 9.59 Å². The number of rotatable bonds is 5. The highest BCUT2D eigenvalue weighted by atomic mass is 35.5. The first-order valence-corrected chi connectivity index (χ1v) is 8.44. The minimum absolute atomic E-state index is 0.160. The van der Waals surface area contributed by atoms with Crippen LogP contribution in [0.4, 0.5) is 0 Å². The molecule has 1 atom stereocenters. The van der Waals surface area contributed by atoms with E-state index in [0.29, 0.717) is 23.0 Å². The lowest BCUT2D eigenvalue weighted by molar-refractivity contribution is -0.144. The molecule has 0 bridgehead atoms. The van der Waals surface area contributed by atoms with Crippen LogP contribution < -0.4 is 10.4 Å². The Bertz CT molecular complexity index is 1020. The summed E-state index contributed by atoms with van der Waals surface area (Å²) in [6.45, 7) is 3.24. The van der Waals surface area contributed by atoms with E-state index in [1.54, 1.807) is 6.07 Å². The number of ether oxygens (including phenoxy) is 1. The first kappa shape index (κ1) is 18.0. The van der Waals surface area contributed by atoms with Crippen LogP contribution in [0.25, 0.3) is 11.0 Å². The van der Waals surface area contributed by atoms with Gasteiger partial charge < -0.3 is 14.3 Å². The molecule has 2 aromatic carbocycles. The van der Waals surface area contributed by atoms with E-state index in [4.69, 9.17) is 25.9 Å². The number of hydrogen-bond acceptors (Lipinski definition) is 4. The third-order valence-corrected chi connectivity index (χ3v) is 4.51. The van der Waals surface area contributed by atoms with E-state index in [1.165, 1.54) is 13.0 Å². The molecule has 1 N–H and O–H groups in total. The Kier molecular flexibility index (Phi) is 5.00. The molecule has 3 rings (SSSR count). The van der Waals surface area contributed by atoms with Crippen LogP contribution in [0.1, 0.15) is 23.6 Å². The van der Waals surface area contributed by atoms with Crippen molar-refractivity contribution in [1.82, 2.24) is 0 Å². The summed E-state index contributed by atoms with van der Waals surface area (Å²) in [5.74, 6) is -0.954. The van der Waals surface area contributed by atoms with Crippen LogP contribution in [0.5, 0.6) is 5.75 Å². The van der Waals surface area contributed by atoms with Crippen molar-refractivity contribution in [3.63, 3.8) is 0 Å². The van der Waals surface area contributed by atoms with Crippen molar-refractivity contribution in [3.05, 3.63) is 74.6 Å². The zero-order valence-corrected chi connectivity index (χ0v) is 15.0. The van der Waals surface area contributed by atoms with Crippen LogP contribution in [-0.4, -0.2) is 17.2 Å². The molecule has 0 spiro atoms. The second-order valence-electron chi connectivity index (χ2n) is 6.03. The fourth-order valence-corrected chi connectivity index (χ4v) is 2.93. The summed E-state index contributed by atoms with van der Waals surface area (Å²) in [6, 6.07) is 12.7. The largest absolute Gasteiger partial charge is 0.479 e. The van der Waals surface area contributed by atoms with Crippen LogP contribution >= 0.6 is 11.6 Å². The van der Waals surface area contributed by atoms with Gasteiger partial charge in [-0.05, 0) is 31.0 Å². The number of carbonyl (C=O) groups is 1. The lowest BCUT2D eigenvalue weighted by atomic mass is 9.99. The molecule has 0 aliphatic heterocycles. The SMILES string of the molecule is Cc1c(Cc2ccccc2)c(=O)oc2cc(OC(C)C(=O)O)c(Cl)cc12. The normalized spacial score (nSPS) is 12.1. The van der Waals surface area contributed by atoms with Gasteiger partial charge in [0, 0.05) is 23.4 Å². The van der Waals surface area contributed by atoms with Gasteiger partial charge in [-0.1, -0.05) is 41.9 Å². The topological polar surface area (TPSA) is 76.7 Å². The van der Waals surface area contributed by atoms with Crippen molar-refractivity contribution in [3.8, 4) is 5.75 Å². The maximum atomic E-state index is 12.5. The van der Waals surface area contributed by atoms with Crippen molar-refractivity contribution >= 4 is 28.5 Å². The molecule has 1 unspecified atom stereocenters. The number of carboxylic acids is 1. The third-order valence-electron chi connectivity index (χ3n) is 4.22. The lowest BCUT2D eigenvalue weighted by Gasteiger charge is -2.14. The van der Waals surface area contributed by atoms with Gasteiger partial charge in [0.1, 0.15) is 11.3 Å². The molecule has 0 radical (unpaired) electrons. The molecule has 0 saturated carbocycles. The first-order chi connectivity index (χ1) is 12.4. The van der Waals surface area contributed by atoms with Crippen molar-refractivity contribution in [2.45, 2.75) is 26.4 Å². The highest BCUT2D eigenvalue weighted by Gasteiger charge is 2.18. The van der Waals surface area contributed by atoms with Gasteiger partial charge in [0.05, 0.1) is 5.02 Å². The Morgan fingerprint density at radius 1 is 1.27 bits per heavy atom. The summed E-state index contributed by atoms with van der Waals surface area (Å²) >= 11 is 6.24. The zero-order valence-electron chi connectivity index (χ0n) is 14.3. The Morgan fingerprint density at radius 2 is 1.96 bits per heavy atom. The van der Waals surface area contributed by atoms with Gasteiger partial charge in [-0.2, -0.15) is 0 Å². The van der Waals surface area contributed by atoms with E-state index < -0.39 is 17.7 Å². The quantitative estimate of drug-likeness (QED) is 0.679. The summed E-state index contributed by atoms with van der Waals surface area (Å²) in [5.41, 5.74) is 2.22. The average molecular weight is 373 g/mol. The second-order valence-corrected chi connectivity index (χ2v) is 6.44. The molecular weight excluding hydrogens is 356 g/mol. The number of fused-ring (bicyclic) bond motifs is 1. The maximum absolute atomic E-state index is 12.5. The molecule has 0 aliphatic carbocycles. The number of carboxylic acid groups (broad SMARTS) is 1. The van der Waals surface area contributed by atoms with Crippen LogP contribution in [-0.2, 0) is 11.2 Å². The van der Waals surface area contributed by atoms with Crippen LogP contribution in [0, 0.1) is 6.92 Å². The molecule has 1 heterocycles. The van der Waals surface area contributed by atoms with E-state index in [-0.39, 0.29) is 10.8 Å². The second kappa shape index (κ2) is 7.22. The van der Waals surface area contributed by atoms with E-state index in [0.717, 1.165) is 11.1 Å². The number of halogens is 1. The van der Waals surface area contributed by atoms with Crippen LogP contribution in [0.15, 0.2) is 51.7 Å². The molecular formula is C20H17ClO5. The van der Waals surface area contributed by atoms with E-state index in [2.05, 4.69) is 0 Å². The van der Waals surface area contributed by atoms with E-state index in [9.17, 15) is 9.59 Å². The highest BCUT2D eigenvalue weighted by Crippen LogP contribution is 2.32. The fraction of sp³-hybridized carbons (Fsp3) is 0.200. The molecule has 134 valence electrons. The molecule has 1 aromatic heterocycles. The van der Waals surface area contributed by atoms with Crippen LogP contribution in [0.3, 0.4) is 0 Å². The van der Waals surface area contributed by atoms with Crippen molar-refractivity contribution in [2.75, 3.05) is 0 Å². The molecule has 0 fully saturated rings. The van der Waals surface area contributed by atoms with E-state index in [1.807, 2.05) is 37.3 Å². The minimum Gasteiger partial charge on any atom is -0.479 e. The molecule has 26 heavy (non-hydrogen) atoms. The number of aryl methyl sites for hydroxylation is 1. The van der Waals surface area contributed by atoms with Gasteiger partial charge >= 0.3 is 11.6 Å². The molecule has 3 aromatic rings. The predicted molar refractivity (Wildman–Crippen MR) is 99.2 cm³/mol. The van der Waals surface area contributed by atoms with Crippen molar-refractivity contribution in [1.29, 1.82) is 0 Å². The van der Waals surface area contributed by atoms with Crippen molar-refractivity contribution in [2.24, 2.45) is 0 Å². The van der Waals surface area contributed by atoms with Gasteiger partial charge in [0.15, 0.2) is 6.10 Å². The Labute approximate surface area is 154 Å². The molecule has 0 aliphatic rings. The van der Waals surface area contributed by atoms with Gasteiger partial charge in [-0.3, -0.25) is 0 Å². The third kappa shape index (κ3) is 3.58. The Morgan fingerprint density at radius 3 is 2.62 bits per heavy atom. The van der Waals surface area contributed by atoms with Crippen molar-refractivity contribution < 1.29 is 19.1 Å². The molecule has 0 saturated heterocycles. The monoisotopic (exact) mass is 372 g/mol. The zero-order chi connectivity index (χ0) is 18.8. The van der Waals surface area contributed by atoms with Crippen LogP contribution in [0.2, 0.25) is 5.02 Å². The lowest BCUT2D eigenvalue weighted by Crippen LogP contribution is -2.23. The Hall–Kier alpha value is -2.79. The van der Waals surface area contributed by atoms with Gasteiger partial charge in [-0.15, -0.1) is 0 Å². The van der Waals surface area contributed by atoms with Gasteiger partial charge in [0.25, 0.3) is 0 Å². The highest BCUT2D eigenvalue weighted by molar-refractivity contribution is 6.32. The summed E-state index contributed by atoms with van der Waals surface area (Å²) in [4.78, 5) is 23.4. The smallest absolute Gasteiger partial charge is 0.344 e. The molecule has 6 heteroatoms. The number of benzene rings is 2. The predicted octanol–water partition coefficient (Wildman–Crippen LogP) is 4.20. The summed E-state index contributed by atoms with van der Waals surface area (Å²) in [5, 5.41) is 9.92. The molecule has 0 amide bonds. The standard InChI is InChI=1S/C20H17ClO5/c1-11-14-9-16(21)18(25-12(2)19(22)23)10-17(14)26-20(24)15(11)8-13-6-4-3-5-7-13/h3-7,9-10,12H,8H2,1-2H3,(H,22,23). The maximum Gasteiger partial charge on any atom is 0.344 e. The van der Waals surface area contributed by atoms with Gasteiger partial charge in [0.2, 0.25) is 0 Å². The minimum atomic E-state index is -1.11. The number of hydrogen-bond donors (Lipinski definition) is 1. The van der Waals surface area contributed by atoms with E-state index >= 15 is 0 Å². The number of aliphatic carboxylic acids is 1. The average Bonchev–Trinajstić information content (AvgIpc) is 2.61. The summed E-state index contributed by atoms with van der Waals surface area (Å²) in [6.07, 6.45) is -0.619. The summed E-state index contributed by atoms with van der Waals surface area (Å²) in [7, 11) is 0. The fourth-order valence-electron chi connectivity index (χ4n) is 2.73. The first-order valence-electron chi connectivity index (χ1n) is 8.06.